The molecule has 24 heavy (non-hydrogen) atoms. The Kier molecular flexibility index (Phi) is 6.36. The second-order valence-electron chi connectivity index (χ2n) is 6.20. The molecule has 5 nitrogen and oxygen atoms in total. The zero-order valence-electron chi connectivity index (χ0n) is 14.3. The number of rotatable bonds is 6. The number of hydrogen-bond acceptors (Lipinski definition) is 4. The molecule has 1 fully saturated rings. The Labute approximate surface area is 141 Å². The molecule has 0 aromatic heterocycles. The van der Waals surface area contributed by atoms with Crippen LogP contribution in [0.5, 0.6) is 11.5 Å². The molecule has 1 heterocycles. The molecular weight excluding hydrogens is 318 g/mol. The standard InChI is InChI=1S/C17H24F2N2O3/c1-12(2)11-20-7-9-21(10-8-20)16(22)13-5-4-6-14(23-3)15(13)24-17(18)19/h4-6,12,17H,7-11H2,1-3H3. The lowest BCUT2D eigenvalue weighted by molar-refractivity contribution is -0.0517. The molecule has 1 aliphatic heterocycles. The van der Waals surface area contributed by atoms with Crippen molar-refractivity contribution in [1.29, 1.82) is 0 Å². The number of nitrogens with zero attached hydrogens (tertiary/aromatic N) is 2. The first-order chi connectivity index (χ1) is 11.4. The molecule has 0 N–H and O–H groups in total. The molecule has 0 bridgehead atoms. The van der Waals surface area contributed by atoms with E-state index in [9.17, 15) is 13.6 Å². The van der Waals surface area contributed by atoms with E-state index < -0.39 is 6.61 Å². The van der Waals surface area contributed by atoms with Crippen LogP contribution < -0.4 is 9.47 Å². The second kappa shape index (κ2) is 8.28. The summed E-state index contributed by atoms with van der Waals surface area (Å²) in [6.45, 7) is 4.96. The third-order valence-electron chi connectivity index (χ3n) is 3.92. The van der Waals surface area contributed by atoms with Crippen molar-refractivity contribution in [2.45, 2.75) is 20.5 Å². The summed E-state index contributed by atoms with van der Waals surface area (Å²) in [6.07, 6.45) is 0. The molecule has 0 radical (unpaired) electrons. The van der Waals surface area contributed by atoms with Crippen molar-refractivity contribution in [3.63, 3.8) is 0 Å². The summed E-state index contributed by atoms with van der Waals surface area (Å²) in [7, 11) is 1.35. The number of carbonyl (C=O) groups excluding carboxylic acids is 1. The van der Waals surface area contributed by atoms with Gasteiger partial charge >= 0.3 is 6.61 Å². The fourth-order valence-electron chi connectivity index (χ4n) is 2.88. The molecule has 0 atom stereocenters. The van der Waals surface area contributed by atoms with Gasteiger partial charge < -0.3 is 14.4 Å². The first-order valence-electron chi connectivity index (χ1n) is 8.05. The summed E-state index contributed by atoms with van der Waals surface area (Å²) in [5.41, 5.74) is 0.104. The summed E-state index contributed by atoms with van der Waals surface area (Å²) in [5.74, 6) is 0.176. The van der Waals surface area contributed by atoms with Crippen molar-refractivity contribution in [2.24, 2.45) is 5.92 Å². The Morgan fingerprint density at radius 3 is 2.42 bits per heavy atom. The van der Waals surface area contributed by atoms with Gasteiger partial charge in [-0.3, -0.25) is 9.69 Å². The molecular formula is C17H24F2N2O3. The lowest BCUT2D eigenvalue weighted by Crippen LogP contribution is -2.49. The van der Waals surface area contributed by atoms with Crippen molar-refractivity contribution in [2.75, 3.05) is 39.8 Å². The number of ether oxygens (including phenoxy) is 2. The summed E-state index contributed by atoms with van der Waals surface area (Å²) in [4.78, 5) is 16.7. The van der Waals surface area contributed by atoms with Crippen LogP contribution >= 0.6 is 0 Å². The van der Waals surface area contributed by atoms with Crippen LogP contribution in [0.4, 0.5) is 8.78 Å². The van der Waals surface area contributed by atoms with Gasteiger partial charge in [-0.05, 0) is 18.1 Å². The molecule has 0 unspecified atom stereocenters. The van der Waals surface area contributed by atoms with Crippen LogP contribution in [0, 0.1) is 5.92 Å². The average Bonchev–Trinajstić information content (AvgIpc) is 2.54. The third kappa shape index (κ3) is 4.56. The first-order valence-corrected chi connectivity index (χ1v) is 8.05. The molecule has 1 amide bonds. The number of para-hydroxylation sites is 1. The van der Waals surface area contributed by atoms with E-state index in [1.165, 1.54) is 19.2 Å². The van der Waals surface area contributed by atoms with Gasteiger partial charge in [0.1, 0.15) is 0 Å². The number of alkyl halides is 2. The minimum Gasteiger partial charge on any atom is -0.493 e. The van der Waals surface area contributed by atoms with Crippen LogP contribution in [0.25, 0.3) is 0 Å². The maximum atomic E-state index is 12.7. The van der Waals surface area contributed by atoms with Crippen LogP contribution in [0.1, 0.15) is 24.2 Å². The van der Waals surface area contributed by atoms with Crippen LogP contribution in [-0.2, 0) is 0 Å². The molecule has 2 rings (SSSR count). The highest BCUT2D eigenvalue weighted by molar-refractivity contribution is 5.98. The zero-order valence-corrected chi connectivity index (χ0v) is 14.3. The van der Waals surface area contributed by atoms with Gasteiger partial charge in [0, 0.05) is 32.7 Å². The SMILES string of the molecule is COc1cccc(C(=O)N2CCN(CC(C)C)CC2)c1OC(F)F. The maximum absolute atomic E-state index is 12.7. The molecule has 7 heteroatoms. The zero-order chi connectivity index (χ0) is 17.7. The van der Waals surface area contributed by atoms with Crippen LogP contribution in [0.15, 0.2) is 18.2 Å². The highest BCUT2D eigenvalue weighted by Crippen LogP contribution is 2.33. The topological polar surface area (TPSA) is 42.0 Å². The fraction of sp³-hybridized carbons (Fsp3) is 0.588. The number of piperazine rings is 1. The molecule has 1 aromatic rings. The number of carbonyl (C=O) groups is 1. The van der Waals surface area contributed by atoms with E-state index in [0.29, 0.717) is 19.0 Å². The van der Waals surface area contributed by atoms with Crippen molar-refractivity contribution in [3.05, 3.63) is 23.8 Å². The number of halogens is 2. The number of amides is 1. The largest absolute Gasteiger partial charge is 0.493 e. The summed E-state index contributed by atoms with van der Waals surface area (Å²) in [6, 6.07) is 4.58. The Morgan fingerprint density at radius 2 is 1.88 bits per heavy atom. The molecule has 1 aliphatic rings. The van der Waals surface area contributed by atoms with Crippen molar-refractivity contribution >= 4 is 5.91 Å². The van der Waals surface area contributed by atoms with E-state index in [4.69, 9.17) is 4.74 Å². The quantitative estimate of drug-likeness (QED) is 0.797. The number of benzene rings is 1. The third-order valence-corrected chi connectivity index (χ3v) is 3.92. The van der Waals surface area contributed by atoms with Gasteiger partial charge in [-0.1, -0.05) is 19.9 Å². The van der Waals surface area contributed by atoms with E-state index in [-0.39, 0.29) is 23.0 Å². The van der Waals surface area contributed by atoms with Gasteiger partial charge in [0.2, 0.25) is 0 Å². The predicted molar refractivity (Wildman–Crippen MR) is 86.8 cm³/mol. The lowest BCUT2D eigenvalue weighted by Gasteiger charge is -2.35. The molecule has 1 saturated heterocycles. The highest BCUT2D eigenvalue weighted by atomic mass is 19.3. The smallest absolute Gasteiger partial charge is 0.387 e. The monoisotopic (exact) mass is 342 g/mol. The summed E-state index contributed by atoms with van der Waals surface area (Å²) in [5, 5.41) is 0. The number of methoxy groups -OCH3 is 1. The van der Waals surface area contributed by atoms with Gasteiger partial charge in [-0.15, -0.1) is 0 Å². The summed E-state index contributed by atoms with van der Waals surface area (Å²) < 4.78 is 35.0. The van der Waals surface area contributed by atoms with Gasteiger partial charge in [-0.25, -0.2) is 0 Å². The second-order valence-corrected chi connectivity index (χ2v) is 6.20. The molecule has 1 aromatic carbocycles. The minimum atomic E-state index is -3.02. The van der Waals surface area contributed by atoms with Crippen molar-refractivity contribution in [3.8, 4) is 11.5 Å². The summed E-state index contributed by atoms with van der Waals surface area (Å²) >= 11 is 0. The molecule has 0 spiro atoms. The molecule has 134 valence electrons. The average molecular weight is 342 g/mol. The van der Waals surface area contributed by atoms with Gasteiger partial charge in [-0.2, -0.15) is 8.78 Å². The molecule has 0 aliphatic carbocycles. The number of hydrogen-bond donors (Lipinski definition) is 0. The molecule has 0 saturated carbocycles. The van der Waals surface area contributed by atoms with Crippen LogP contribution in [0.3, 0.4) is 0 Å². The Balaban J connectivity index is 2.13. The maximum Gasteiger partial charge on any atom is 0.387 e. The van der Waals surface area contributed by atoms with Crippen molar-refractivity contribution < 1.29 is 23.0 Å². The van der Waals surface area contributed by atoms with Crippen LogP contribution in [-0.4, -0.2) is 62.2 Å². The first kappa shape index (κ1) is 18.4. The van der Waals surface area contributed by atoms with E-state index in [0.717, 1.165) is 19.6 Å². The van der Waals surface area contributed by atoms with E-state index in [1.54, 1.807) is 11.0 Å². The van der Waals surface area contributed by atoms with Gasteiger partial charge in [0.25, 0.3) is 5.91 Å². The van der Waals surface area contributed by atoms with E-state index in [1.807, 2.05) is 0 Å². The van der Waals surface area contributed by atoms with E-state index in [2.05, 4.69) is 23.5 Å². The van der Waals surface area contributed by atoms with Gasteiger partial charge in [0.05, 0.1) is 12.7 Å². The Morgan fingerprint density at radius 1 is 1.21 bits per heavy atom. The normalized spacial score (nSPS) is 15.9. The Bertz CT molecular complexity index is 559. The predicted octanol–water partition coefficient (Wildman–Crippen LogP) is 2.71. The van der Waals surface area contributed by atoms with Crippen molar-refractivity contribution in [1.82, 2.24) is 9.80 Å². The van der Waals surface area contributed by atoms with Gasteiger partial charge in [0.15, 0.2) is 11.5 Å². The van der Waals surface area contributed by atoms with Crippen LogP contribution in [0.2, 0.25) is 0 Å². The van der Waals surface area contributed by atoms with E-state index >= 15 is 0 Å². The minimum absolute atomic E-state index is 0.104. The lowest BCUT2D eigenvalue weighted by atomic mass is 10.1. The Hall–Kier alpha value is -1.89. The fourth-order valence-corrected chi connectivity index (χ4v) is 2.88. The highest BCUT2D eigenvalue weighted by Gasteiger charge is 2.27.